The SMILES string of the molecule is CCO[C@@H](C)c1nccn1[C@H]1CCN(CC(F)(F)F)C1=O. The van der Waals surface area contributed by atoms with Crippen molar-refractivity contribution in [3.8, 4) is 0 Å². The quantitative estimate of drug-likeness (QED) is 0.839. The van der Waals surface area contributed by atoms with Crippen molar-refractivity contribution in [1.82, 2.24) is 14.5 Å². The first-order valence-corrected chi connectivity index (χ1v) is 6.83. The van der Waals surface area contributed by atoms with Gasteiger partial charge in [-0.05, 0) is 20.3 Å². The number of rotatable bonds is 5. The maximum atomic E-state index is 12.4. The van der Waals surface area contributed by atoms with Crippen LogP contribution < -0.4 is 0 Å². The normalized spacial score (nSPS) is 21.1. The Morgan fingerprint density at radius 1 is 1.52 bits per heavy atom. The molecule has 5 nitrogen and oxygen atoms in total. The lowest BCUT2D eigenvalue weighted by molar-refractivity contribution is -0.158. The molecule has 118 valence electrons. The van der Waals surface area contributed by atoms with Crippen LogP contribution in [0.25, 0.3) is 0 Å². The minimum atomic E-state index is -4.37. The summed E-state index contributed by atoms with van der Waals surface area (Å²) < 4.78 is 44.3. The average Bonchev–Trinajstić information content (AvgIpc) is 2.96. The van der Waals surface area contributed by atoms with Crippen LogP contribution in [0.1, 0.15) is 38.2 Å². The van der Waals surface area contributed by atoms with E-state index >= 15 is 0 Å². The third-order valence-corrected chi connectivity index (χ3v) is 3.45. The van der Waals surface area contributed by atoms with Crippen molar-refractivity contribution in [1.29, 1.82) is 0 Å². The predicted octanol–water partition coefficient (Wildman–Crippen LogP) is 2.32. The molecule has 1 amide bonds. The number of carbonyl (C=O) groups excluding carboxylic acids is 1. The highest BCUT2D eigenvalue weighted by Gasteiger charge is 2.40. The summed E-state index contributed by atoms with van der Waals surface area (Å²) >= 11 is 0. The number of aromatic nitrogens is 2. The maximum Gasteiger partial charge on any atom is 0.406 e. The van der Waals surface area contributed by atoms with Gasteiger partial charge in [-0.15, -0.1) is 0 Å². The third-order valence-electron chi connectivity index (χ3n) is 3.45. The number of hydrogen-bond acceptors (Lipinski definition) is 3. The van der Waals surface area contributed by atoms with Crippen LogP contribution in [0.15, 0.2) is 12.4 Å². The summed E-state index contributed by atoms with van der Waals surface area (Å²) in [6.07, 6.45) is -1.19. The smallest absolute Gasteiger partial charge is 0.371 e. The van der Waals surface area contributed by atoms with Crippen LogP contribution in [0, 0.1) is 0 Å². The zero-order chi connectivity index (χ0) is 15.6. The molecule has 8 heteroatoms. The molecule has 2 heterocycles. The minimum absolute atomic E-state index is 0.101. The summed E-state index contributed by atoms with van der Waals surface area (Å²) in [5.74, 6) is 0.0410. The summed E-state index contributed by atoms with van der Waals surface area (Å²) in [4.78, 5) is 17.2. The second kappa shape index (κ2) is 6.05. The molecule has 1 saturated heterocycles. The Hall–Kier alpha value is -1.57. The first kappa shape index (κ1) is 15.8. The van der Waals surface area contributed by atoms with Gasteiger partial charge in [0, 0.05) is 25.5 Å². The Kier molecular flexibility index (Phi) is 4.55. The van der Waals surface area contributed by atoms with E-state index in [1.165, 1.54) is 6.20 Å². The second-order valence-corrected chi connectivity index (χ2v) is 4.97. The number of carbonyl (C=O) groups is 1. The molecule has 0 N–H and O–H groups in total. The number of ether oxygens (including phenoxy) is 1. The van der Waals surface area contributed by atoms with E-state index < -0.39 is 24.7 Å². The third kappa shape index (κ3) is 3.55. The number of hydrogen-bond donors (Lipinski definition) is 0. The number of alkyl halides is 3. The molecule has 0 unspecified atom stereocenters. The molecule has 1 aromatic heterocycles. The van der Waals surface area contributed by atoms with Crippen LogP contribution in [0.2, 0.25) is 0 Å². The monoisotopic (exact) mass is 305 g/mol. The van der Waals surface area contributed by atoms with Gasteiger partial charge in [0.15, 0.2) is 0 Å². The van der Waals surface area contributed by atoms with Gasteiger partial charge in [-0.25, -0.2) is 4.98 Å². The molecule has 1 fully saturated rings. The van der Waals surface area contributed by atoms with E-state index in [2.05, 4.69) is 4.98 Å². The fraction of sp³-hybridized carbons (Fsp3) is 0.692. The van der Waals surface area contributed by atoms with Gasteiger partial charge < -0.3 is 14.2 Å². The van der Waals surface area contributed by atoms with Gasteiger partial charge in [0.25, 0.3) is 0 Å². The van der Waals surface area contributed by atoms with Gasteiger partial charge in [0.05, 0.1) is 0 Å². The van der Waals surface area contributed by atoms with Crippen LogP contribution in [-0.4, -0.2) is 46.2 Å². The van der Waals surface area contributed by atoms with Gasteiger partial charge in [0.2, 0.25) is 5.91 Å². The molecule has 1 aromatic rings. The van der Waals surface area contributed by atoms with Crippen molar-refractivity contribution in [3.63, 3.8) is 0 Å². The molecule has 0 spiro atoms. The van der Waals surface area contributed by atoms with Crippen LogP contribution >= 0.6 is 0 Å². The molecular weight excluding hydrogens is 287 g/mol. The highest BCUT2D eigenvalue weighted by atomic mass is 19.4. The summed E-state index contributed by atoms with van der Waals surface area (Å²) in [5.41, 5.74) is 0. The van der Waals surface area contributed by atoms with Crippen LogP contribution in [0.5, 0.6) is 0 Å². The fourth-order valence-corrected chi connectivity index (χ4v) is 2.58. The lowest BCUT2D eigenvalue weighted by Crippen LogP contribution is -2.36. The van der Waals surface area contributed by atoms with Gasteiger partial charge in [-0.2, -0.15) is 13.2 Å². The highest BCUT2D eigenvalue weighted by molar-refractivity contribution is 5.82. The topological polar surface area (TPSA) is 47.4 Å². The minimum Gasteiger partial charge on any atom is -0.371 e. The maximum absolute atomic E-state index is 12.4. The zero-order valence-electron chi connectivity index (χ0n) is 11.9. The van der Waals surface area contributed by atoms with E-state index in [1.54, 1.807) is 17.7 Å². The van der Waals surface area contributed by atoms with Crippen molar-refractivity contribution in [2.45, 2.75) is 38.6 Å². The van der Waals surface area contributed by atoms with Crippen LogP contribution in [0.4, 0.5) is 13.2 Å². The van der Waals surface area contributed by atoms with Crippen LogP contribution in [0.3, 0.4) is 0 Å². The lowest BCUT2D eigenvalue weighted by atomic mass is 10.2. The van der Waals surface area contributed by atoms with Gasteiger partial charge in [-0.3, -0.25) is 4.79 Å². The van der Waals surface area contributed by atoms with Crippen molar-refractivity contribution in [3.05, 3.63) is 18.2 Å². The van der Waals surface area contributed by atoms with Crippen LogP contribution in [-0.2, 0) is 9.53 Å². The Labute approximate surface area is 120 Å². The molecule has 2 atom stereocenters. The van der Waals surface area contributed by atoms with Gasteiger partial charge in [-0.1, -0.05) is 0 Å². The van der Waals surface area contributed by atoms with Gasteiger partial charge >= 0.3 is 6.18 Å². The van der Waals surface area contributed by atoms with E-state index in [1.807, 2.05) is 6.92 Å². The molecule has 0 aliphatic carbocycles. The summed E-state index contributed by atoms with van der Waals surface area (Å²) in [6, 6.07) is -0.632. The fourth-order valence-electron chi connectivity index (χ4n) is 2.58. The van der Waals surface area contributed by atoms with E-state index in [4.69, 9.17) is 4.74 Å². The number of likely N-dealkylation sites (tertiary alicyclic amines) is 1. The standard InChI is InChI=1S/C13H18F3N3O2/c1-3-21-9(2)11-17-5-7-19(11)10-4-6-18(12(10)20)8-13(14,15)16/h5,7,9-10H,3-4,6,8H2,1-2H3/t9-,10-/m0/s1. The molecule has 0 radical (unpaired) electrons. The van der Waals surface area contributed by atoms with E-state index in [0.29, 0.717) is 18.9 Å². The molecule has 21 heavy (non-hydrogen) atoms. The van der Waals surface area contributed by atoms with Gasteiger partial charge in [0.1, 0.15) is 24.5 Å². The first-order valence-electron chi connectivity index (χ1n) is 6.83. The average molecular weight is 305 g/mol. The Bertz CT molecular complexity index is 501. The largest absolute Gasteiger partial charge is 0.406 e. The van der Waals surface area contributed by atoms with Crippen molar-refractivity contribution in [2.75, 3.05) is 19.7 Å². The van der Waals surface area contributed by atoms with Crippen molar-refractivity contribution < 1.29 is 22.7 Å². The number of imidazole rings is 1. The molecule has 0 saturated carbocycles. The zero-order valence-corrected chi connectivity index (χ0v) is 11.9. The van der Waals surface area contributed by atoms with E-state index in [0.717, 1.165) is 4.90 Å². The molecule has 0 aromatic carbocycles. The Morgan fingerprint density at radius 2 is 2.24 bits per heavy atom. The predicted molar refractivity (Wildman–Crippen MR) is 68.6 cm³/mol. The summed E-state index contributed by atoms with van der Waals surface area (Å²) in [7, 11) is 0. The molecular formula is C13H18F3N3O2. The molecule has 2 rings (SSSR count). The number of halogens is 3. The van der Waals surface area contributed by atoms with E-state index in [-0.39, 0.29) is 12.6 Å². The summed E-state index contributed by atoms with van der Waals surface area (Å²) in [5, 5.41) is 0. The summed E-state index contributed by atoms with van der Waals surface area (Å²) in [6.45, 7) is 3.04. The highest BCUT2D eigenvalue weighted by Crippen LogP contribution is 2.29. The lowest BCUT2D eigenvalue weighted by Gasteiger charge is -2.20. The second-order valence-electron chi connectivity index (χ2n) is 4.97. The van der Waals surface area contributed by atoms with E-state index in [9.17, 15) is 18.0 Å². The number of amides is 1. The Morgan fingerprint density at radius 3 is 2.86 bits per heavy atom. The molecule has 0 bridgehead atoms. The molecule has 1 aliphatic heterocycles. The van der Waals surface area contributed by atoms with Crippen molar-refractivity contribution in [2.24, 2.45) is 0 Å². The first-order chi connectivity index (χ1) is 9.83. The number of nitrogens with zero attached hydrogens (tertiary/aromatic N) is 3. The molecule has 1 aliphatic rings. The van der Waals surface area contributed by atoms with Crippen molar-refractivity contribution >= 4 is 5.91 Å². The Balaban J connectivity index is 2.14.